The second-order valence-corrected chi connectivity index (χ2v) is 6.53. The number of aryl methyl sites for hydroxylation is 1. The lowest BCUT2D eigenvalue weighted by Gasteiger charge is -2.26. The van der Waals surface area contributed by atoms with E-state index < -0.39 is 0 Å². The summed E-state index contributed by atoms with van der Waals surface area (Å²) in [6.45, 7) is 2.42. The van der Waals surface area contributed by atoms with Crippen LogP contribution in [0.3, 0.4) is 0 Å². The monoisotopic (exact) mass is 341 g/mol. The van der Waals surface area contributed by atoms with Crippen LogP contribution in [0, 0.1) is 0 Å². The molecule has 0 saturated carbocycles. The van der Waals surface area contributed by atoms with Gasteiger partial charge in [0.05, 0.1) is 6.04 Å². The highest BCUT2D eigenvalue weighted by atomic mass is 16.6. The van der Waals surface area contributed by atoms with Crippen LogP contribution < -0.4 is 14.8 Å². The number of benzene rings is 1. The molecule has 6 nitrogen and oxygen atoms in total. The molecule has 1 aromatic carbocycles. The van der Waals surface area contributed by atoms with E-state index in [-0.39, 0.29) is 12.1 Å². The Bertz CT molecular complexity index is 771. The number of aromatic nitrogens is 1. The van der Waals surface area contributed by atoms with Crippen molar-refractivity contribution < 1.29 is 14.3 Å². The van der Waals surface area contributed by atoms with E-state index in [0.29, 0.717) is 19.8 Å². The summed E-state index contributed by atoms with van der Waals surface area (Å²) in [6.07, 6.45) is 4.07. The molecule has 4 rings (SSSR count). The van der Waals surface area contributed by atoms with Gasteiger partial charge in [-0.1, -0.05) is 6.07 Å². The number of urea groups is 1. The lowest BCUT2D eigenvalue weighted by molar-refractivity contribution is 0.171. The van der Waals surface area contributed by atoms with E-state index in [1.165, 1.54) is 5.69 Å². The van der Waals surface area contributed by atoms with Gasteiger partial charge in [-0.15, -0.1) is 0 Å². The number of hydrogen-bond donors (Lipinski definition) is 1. The van der Waals surface area contributed by atoms with Crippen LogP contribution >= 0.6 is 0 Å². The summed E-state index contributed by atoms with van der Waals surface area (Å²) in [5.41, 5.74) is 2.19. The third-order valence-electron chi connectivity index (χ3n) is 4.89. The first kappa shape index (κ1) is 15.9. The van der Waals surface area contributed by atoms with Crippen LogP contribution in [0.4, 0.5) is 4.79 Å². The van der Waals surface area contributed by atoms with Crippen molar-refractivity contribution in [3.05, 3.63) is 47.8 Å². The van der Waals surface area contributed by atoms with Crippen molar-refractivity contribution in [1.82, 2.24) is 14.8 Å². The van der Waals surface area contributed by atoms with E-state index in [1.807, 2.05) is 42.4 Å². The first-order valence-corrected chi connectivity index (χ1v) is 8.76. The molecule has 1 N–H and O–H groups in total. The number of fused-ring (bicyclic) bond motifs is 1. The van der Waals surface area contributed by atoms with Crippen molar-refractivity contribution in [2.45, 2.75) is 25.4 Å². The van der Waals surface area contributed by atoms with Gasteiger partial charge in [0.1, 0.15) is 13.2 Å². The Morgan fingerprint density at radius 1 is 1.24 bits per heavy atom. The molecule has 6 heteroatoms. The normalized spacial score (nSPS) is 19.1. The van der Waals surface area contributed by atoms with Crippen molar-refractivity contribution >= 4 is 6.03 Å². The summed E-state index contributed by atoms with van der Waals surface area (Å²) in [5.74, 6) is 1.52. The predicted octanol–water partition coefficient (Wildman–Crippen LogP) is 2.84. The largest absolute Gasteiger partial charge is 0.486 e. The fraction of sp³-hybridized carbons (Fsp3) is 0.421. The number of amides is 2. The van der Waals surface area contributed by atoms with E-state index in [2.05, 4.69) is 16.0 Å². The lowest BCUT2D eigenvalue weighted by atomic mass is 10.1. The minimum absolute atomic E-state index is 0.0152. The molecular weight excluding hydrogens is 318 g/mol. The topological polar surface area (TPSA) is 55.7 Å². The maximum atomic E-state index is 12.7. The van der Waals surface area contributed by atoms with Crippen molar-refractivity contribution in [2.75, 3.05) is 19.8 Å². The zero-order valence-corrected chi connectivity index (χ0v) is 14.4. The Balaban J connectivity index is 1.41. The zero-order chi connectivity index (χ0) is 17.2. The molecule has 1 aromatic heterocycles. The second kappa shape index (κ2) is 6.70. The molecule has 25 heavy (non-hydrogen) atoms. The number of nitrogens with one attached hydrogen (secondary N) is 1. The number of likely N-dealkylation sites (tertiary alicyclic amines) is 1. The van der Waals surface area contributed by atoms with Crippen molar-refractivity contribution in [3.63, 3.8) is 0 Å². The van der Waals surface area contributed by atoms with Gasteiger partial charge in [0, 0.05) is 32.0 Å². The lowest BCUT2D eigenvalue weighted by Crippen LogP contribution is -2.39. The molecule has 3 heterocycles. The smallest absolute Gasteiger partial charge is 0.318 e. The Morgan fingerprint density at radius 3 is 2.88 bits per heavy atom. The first-order chi connectivity index (χ1) is 12.2. The third kappa shape index (κ3) is 3.16. The zero-order valence-electron chi connectivity index (χ0n) is 14.4. The summed E-state index contributed by atoms with van der Waals surface area (Å²) >= 11 is 0. The summed E-state index contributed by atoms with van der Waals surface area (Å²) < 4.78 is 13.2. The molecule has 2 aromatic rings. The van der Waals surface area contributed by atoms with Crippen molar-refractivity contribution in [1.29, 1.82) is 0 Å². The first-order valence-electron chi connectivity index (χ1n) is 8.76. The number of rotatable bonds is 3. The highest BCUT2D eigenvalue weighted by Gasteiger charge is 2.31. The van der Waals surface area contributed by atoms with Gasteiger partial charge in [-0.2, -0.15) is 0 Å². The number of carbonyl (C=O) groups is 1. The van der Waals surface area contributed by atoms with Crippen molar-refractivity contribution in [2.24, 2.45) is 7.05 Å². The standard InChI is InChI=1S/C19H23N3O3/c1-21-8-2-4-15(21)16-5-3-9-22(16)19(23)20-13-14-6-7-17-18(12-14)25-11-10-24-17/h2,4,6-8,12,16H,3,5,9-11,13H2,1H3,(H,20,23). The van der Waals surface area contributed by atoms with Crippen LogP contribution in [0.15, 0.2) is 36.5 Å². The highest BCUT2D eigenvalue weighted by Crippen LogP contribution is 2.32. The Hall–Kier alpha value is -2.63. The van der Waals surface area contributed by atoms with Crippen LogP contribution in [0.1, 0.15) is 30.1 Å². The Morgan fingerprint density at radius 2 is 2.08 bits per heavy atom. The van der Waals surface area contributed by atoms with Gasteiger partial charge >= 0.3 is 6.03 Å². The minimum Gasteiger partial charge on any atom is -0.486 e. The van der Waals surface area contributed by atoms with E-state index in [4.69, 9.17) is 9.47 Å². The van der Waals surface area contributed by atoms with E-state index in [1.54, 1.807) is 0 Å². The average molecular weight is 341 g/mol. The van der Waals surface area contributed by atoms with Gasteiger partial charge in [-0.25, -0.2) is 4.79 Å². The molecule has 0 radical (unpaired) electrons. The van der Waals surface area contributed by atoms with Crippen LogP contribution in [-0.4, -0.2) is 35.3 Å². The fourth-order valence-electron chi connectivity index (χ4n) is 3.61. The molecule has 2 aliphatic heterocycles. The Kier molecular flexibility index (Phi) is 4.26. The van der Waals surface area contributed by atoms with Gasteiger partial charge in [-0.3, -0.25) is 0 Å². The molecule has 0 bridgehead atoms. The van der Waals surface area contributed by atoms with Gasteiger partial charge in [0.2, 0.25) is 0 Å². The maximum Gasteiger partial charge on any atom is 0.318 e. The van der Waals surface area contributed by atoms with E-state index in [0.717, 1.165) is 36.4 Å². The van der Waals surface area contributed by atoms with Crippen LogP contribution in [0.5, 0.6) is 11.5 Å². The molecule has 2 aliphatic rings. The molecule has 0 spiro atoms. The summed E-state index contributed by atoms with van der Waals surface area (Å²) in [5, 5.41) is 3.04. The molecule has 1 atom stereocenters. The molecule has 1 saturated heterocycles. The van der Waals surface area contributed by atoms with Crippen LogP contribution in [0.25, 0.3) is 0 Å². The average Bonchev–Trinajstić information content (AvgIpc) is 3.28. The van der Waals surface area contributed by atoms with Gasteiger partial charge < -0.3 is 24.3 Å². The summed E-state index contributed by atoms with van der Waals surface area (Å²) in [4.78, 5) is 14.6. The SMILES string of the molecule is Cn1cccc1C1CCCN1C(=O)NCc1ccc2c(c1)OCCO2. The third-order valence-corrected chi connectivity index (χ3v) is 4.89. The van der Waals surface area contributed by atoms with E-state index in [9.17, 15) is 4.79 Å². The minimum atomic E-state index is -0.0152. The second-order valence-electron chi connectivity index (χ2n) is 6.53. The molecule has 0 aliphatic carbocycles. The number of carbonyl (C=O) groups excluding carboxylic acids is 1. The number of ether oxygens (including phenoxy) is 2. The molecule has 1 unspecified atom stereocenters. The van der Waals surface area contributed by atoms with E-state index >= 15 is 0 Å². The molecule has 2 amide bonds. The predicted molar refractivity (Wildman–Crippen MR) is 93.8 cm³/mol. The number of nitrogens with zero attached hydrogens (tertiary/aromatic N) is 2. The summed E-state index contributed by atoms with van der Waals surface area (Å²) in [6, 6.07) is 10.1. The van der Waals surface area contributed by atoms with Crippen LogP contribution in [0.2, 0.25) is 0 Å². The van der Waals surface area contributed by atoms with Gasteiger partial charge in [0.25, 0.3) is 0 Å². The molecule has 132 valence electrons. The number of hydrogen-bond acceptors (Lipinski definition) is 3. The summed E-state index contributed by atoms with van der Waals surface area (Å²) in [7, 11) is 2.03. The maximum absolute atomic E-state index is 12.7. The quantitative estimate of drug-likeness (QED) is 0.934. The molecule has 1 fully saturated rings. The fourth-order valence-corrected chi connectivity index (χ4v) is 3.61. The van der Waals surface area contributed by atoms with Crippen LogP contribution in [-0.2, 0) is 13.6 Å². The highest BCUT2D eigenvalue weighted by molar-refractivity contribution is 5.75. The van der Waals surface area contributed by atoms with Gasteiger partial charge in [-0.05, 0) is 42.7 Å². The Labute approximate surface area is 147 Å². The van der Waals surface area contributed by atoms with Crippen molar-refractivity contribution in [3.8, 4) is 11.5 Å². The van der Waals surface area contributed by atoms with Gasteiger partial charge in [0.15, 0.2) is 11.5 Å². The molecular formula is C19H23N3O3.